The fourth-order valence-electron chi connectivity index (χ4n) is 4.57. The van der Waals surface area contributed by atoms with Crippen molar-refractivity contribution in [1.29, 1.82) is 0 Å². The van der Waals surface area contributed by atoms with E-state index in [2.05, 4.69) is 25.1 Å². The fourth-order valence-corrected chi connectivity index (χ4v) is 4.57. The third-order valence-corrected chi connectivity index (χ3v) is 6.40. The van der Waals surface area contributed by atoms with Gasteiger partial charge in [-0.3, -0.25) is 10.1 Å². The maximum Gasteiger partial charge on any atom is 0.161 e. The molecule has 36 heavy (non-hydrogen) atoms. The minimum atomic E-state index is -0.292. The van der Waals surface area contributed by atoms with E-state index >= 15 is 0 Å². The third-order valence-electron chi connectivity index (χ3n) is 6.40. The van der Waals surface area contributed by atoms with Crippen LogP contribution in [0.2, 0.25) is 0 Å². The Morgan fingerprint density at radius 2 is 1.78 bits per heavy atom. The molecule has 0 saturated carbocycles. The molecule has 1 fully saturated rings. The number of para-hydroxylation sites is 1. The van der Waals surface area contributed by atoms with Crippen LogP contribution in [-0.2, 0) is 0 Å². The molecule has 0 spiro atoms. The second kappa shape index (κ2) is 7.92. The zero-order valence-corrected chi connectivity index (χ0v) is 19.0. The van der Waals surface area contributed by atoms with Crippen molar-refractivity contribution in [1.82, 2.24) is 35.1 Å². The molecule has 5 heterocycles. The van der Waals surface area contributed by atoms with E-state index in [0.29, 0.717) is 28.4 Å². The van der Waals surface area contributed by atoms with Gasteiger partial charge in [-0.15, -0.1) is 0 Å². The van der Waals surface area contributed by atoms with Crippen molar-refractivity contribution in [2.75, 3.05) is 18.0 Å². The Hall–Kier alpha value is -4.70. The van der Waals surface area contributed by atoms with Gasteiger partial charge in [0, 0.05) is 24.7 Å². The summed E-state index contributed by atoms with van der Waals surface area (Å²) in [6.45, 7) is 1.53. The van der Waals surface area contributed by atoms with Gasteiger partial charge in [-0.05, 0) is 35.9 Å². The van der Waals surface area contributed by atoms with Crippen molar-refractivity contribution < 1.29 is 4.39 Å². The maximum atomic E-state index is 13.9. The number of aromatic nitrogens is 7. The Bertz CT molecular complexity index is 1750. The molecule has 4 N–H and O–H groups in total. The summed E-state index contributed by atoms with van der Waals surface area (Å²) >= 11 is 0. The normalized spacial score (nSPS) is 14.0. The Labute approximate surface area is 204 Å². The van der Waals surface area contributed by atoms with E-state index in [1.165, 1.54) is 12.1 Å². The van der Waals surface area contributed by atoms with Crippen LogP contribution in [0.3, 0.4) is 0 Å². The first kappa shape index (κ1) is 20.7. The molecule has 0 amide bonds. The summed E-state index contributed by atoms with van der Waals surface area (Å²) in [4.78, 5) is 24.2. The lowest BCUT2D eigenvalue weighted by molar-refractivity contribution is 0.514. The summed E-state index contributed by atoms with van der Waals surface area (Å²) in [5.41, 5.74) is 12.4. The van der Waals surface area contributed by atoms with Gasteiger partial charge in [0.05, 0.1) is 34.6 Å². The lowest BCUT2D eigenvalue weighted by Crippen LogP contribution is -2.56. The quantitative estimate of drug-likeness (QED) is 0.351. The monoisotopic (exact) mass is 477 g/mol. The van der Waals surface area contributed by atoms with Crippen LogP contribution in [0.4, 0.5) is 10.2 Å². The van der Waals surface area contributed by atoms with Crippen LogP contribution in [0.25, 0.3) is 56.1 Å². The van der Waals surface area contributed by atoms with Crippen molar-refractivity contribution in [3.05, 3.63) is 72.8 Å². The van der Waals surface area contributed by atoms with Gasteiger partial charge in [0.1, 0.15) is 22.8 Å². The predicted molar refractivity (Wildman–Crippen MR) is 136 cm³/mol. The van der Waals surface area contributed by atoms with Gasteiger partial charge in [-0.25, -0.2) is 19.3 Å². The van der Waals surface area contributed by atoms with Crippen LogP contribution in [-0.4, -0.2) is 54.2 Å². The SMILES string of the molecule is NC1CN(c2cncc(-c3ccc4[nH]nc(-c5nc6c(-c7cccc(F)c7)cccc6[nH]5)c4n3)n2)C1. The average Bonchev–Trinajstić information content (AvgIpc) is 3.50. The molecule has 6 aromatic rings. The van der Waals surface area contributed by atoms with Crippen molar-refractivity contribution in [2.45, 2.75) is 6.04 Å². The molecule has 7 rings (SSSR count). The van der Waals surface area contributed by atoms with Crippen LogP contribution in [0.5, 0.6) is 0 Å². The Kier molecular flexibility index (Phi) is 4.55. The first-order valence-electron chi connectivity index (χ1n) is 11.6. The predicted octanol–water partition coefficient (Wildman–Crippen LogP) is 3.91. The molecule has 9 nitrogen and oxygen atoms in total. The van der Waals surface area contributed by atoms with Gasteiger partial charge in [0.15, 0.2) is 11.5 Å². The number of H-pyrrole nitrogens is 2. The number of nitrogens with one attached hydrogen (secondary N) is 2. The van der Waals surface area contributed by atoms with Crippen LogP contribution in [0.15, 0.2) is 67.0 Å². The number of anilines is 1. The van der Waals surface area contributed by atoms with E-state index in [9.17, 15) is 4.39 Å². The molecule has 4 aromatic heterocycles. The highest BCUT2D eigenvalue weighted by Gasteiger charge is 2.25. The second-order valence-electron chi connectivity index (χ2n) is 8.89. The molecular formula is C26H20FN9. The van der Waals surface area contributed by atoms with E-state index in [-0.39, 0.29) is 11.9 Å². The molecule has 1 saturated heterocycles. The molecule has 0 bridgehead atoms. The molecule has 1 aliphatic heterocycles. The number of hydrogen-bond donors (Lipinski definition) is 3. The zero-order valence-electron chi connectivity index (χ0n) is 19.0. The van der Waals surface area contributed by atoms with Crippen molar-refractivity contribution >= 4 is 27.9 Å². The number of pyridine rings is 1. The molecular weight excluding hydrogens is 457 g/mol. The summed E-state index contributed by atoms with van der Waals surface area (Å²) in [5.74, 6) is 1.06. The first-order valence-corrected chi connectivity index (χ1v) is 11.6. The minimum absolute atomic E-state index is 0.170. The maximum absolute atomic E-state index is 13.9. The molecule has 2 aromatic carbocycles. The van der Waals surface area contributed by atoms with Gasteiger partial charge >= 0.3 is 0 Å². The summed E-state index contributed by atoms with van der Waals surface area (Å²) in [7, 11) is 0. The molecule has 0 radical (unpaired) electrons. The molecule has 0 aliphatic carbocycles. The number of imidazole rings is 1. The number of halogens is 1. The minimum Gasteiger partial charge on any atom is -0.352 e. The number of aromatic amines is 2. The Morgan fingerprint density at radius 1 is 0.889 bits per heavy atom. The number of nitrogens with two attached hydrogens (primary N) is 1. The molecule has 0 unspecified atom stereocenters. The fraction of sp³-hybridized carbons (Fsp3) is 0.115. The standard InChI is InChI=1S/C26H20FN9/c27-15-4-1-3-14(9-15)17-5-2-6-19-23(17)33-26(32-19)25-24-20(34-35-25)8-7-18(31-24)21-10-29-11-22(30-21)36-12-16(28)13-36/h1-11,16H,12-13,28H2,(H,32,33)(H,34,35). The Morgan fingerprint density at radius 3 is 2.64 bits per heavy atom. The summed E-state index contributed by atoms with van der Waals surface area (Å²) in [6.07, 6.45) is 3.44. The first-order chi connectivity index (χ1) is 17.6. The highest BCUT2D eigenvalue weighted by molar-refractivity contribution is 5.96. The Balaban J connectivity index is 1.31. The van der Waals surface area contributed by atoms with Crippen LogP contribution in [0.1, 0.15) is 0 Å². The lowest BCUT2D eigenvalue weighted by Gasteiger charge is -2.37. The molecule has 176 valence electrons. The van der Waals surface area contributed by atoms with Crippen molar-refractivity contribution in [2.24, 2.45) is 5.73 Å². The number of hydrogen-bond acceptors (Lipinski definition) is 7. The smallest absolute Gasteiger partial charge is 0.161 e. The highest BCUT2D eigenvalue weighted by Crippen LogP contribution is 2.32. The van der Waals surface area contributed by atoms with E-state index in [0.717, 1.165) is 46.6 Å². The number of rotatable bonds is 4. The summed E-state index contributed by atoms with van der Waals surface area (Å²) < 4.78 is 13.9. The van der Waals surface area contributed by atoms with E-state index < -0.39 is 0 Å². The lowest BCUT2D eigenvalue weighted by atomic mass is 10.0. The van der Waals surface area contributed by atoms with Gasteiger partial charge < -0.3 is 15.6 Å². The number of benzene rings is 2. The third kappa shape index (κ3) is 3.38. The van der Waals surface area contributed by atoms with Gasteiger partial charge in [-0.1, -0.05) is 24.3 Å². The van der Waals surface area contributed by atoms with Gasteiger partial charge in [-0.2, -0.15) is 5.10 Å². The van der Waals surface area contributed by atoms with Crippen LogP contribution in [0, 0.1) is 5.82 Å². The van der Waals surface area contributed by atoms with Crippen molar-refractivity contribution in [3.63, 3.8) is 0 Å². The number of fused-ring (bicyclic) bond motifs is 2. The topological polar surface area (TPSA) is 125 Å². The van der Waals surface area contributed by atoms with Crippen LogP contribution >= 0.6 is 0 Å². The van der Waals surface area contributed by atoms with Gasteiger partial charge in [0.25, 0.3) is 0 Å². The van der Waals surface area contributed by atoms with E-state index in [1.54, 1.807) is 18.5 Å². The largest absolute Gasteiger partial charge is 0.352 e. The molecule has 1 aliphatic rings. The summed E-state index contributed by atoms with van der Waals surface area (Å²) in [6, 6.07) is 16.3. The van der Waals surface area contributed by atoms with Crippen molar-refractivity contribution in [3.8, 4) is 34.0 Å². The van der Waals surface area contributed by atoms with Crippen LogP contribution < -0.4 is 10.6 Å². The van der Waals surface area contributed by atoms with E-state index in [1.807, 2.05) is 36.4 Å². The molecule has 10 heteroatoms. The second-order valence-corrected chi connectivity index (χ2v) is 8.89. The average molecular weight is 478 g/mol. The molecule has 0 atom stereocenters. The number of nitrogens with zero attached hydrogens (tertiary/aromatic N) is 6. The summed E-state index contributed by atoms with van der Waals surface area (Å²) in [5, 5.41) is 7.53. The van der Waals surface area contributed by atoms with E-state index in [4.69, 9.17) is 20.7 Å². The van der Waals surface area contributed by atoms with Gasteiger partial charge in [0.2, 0.25) is 0 Å². The zero-order chi connectivity index (χ0) is 24.2. The highest BCUT2D eigenvalue weighted by atomic mass is 19.1.